The molecule has 1 N–H and O–H groups in total. The summed E-state index contributed by atoms with van der Waals surface area (Å²) >= 11 is 0. The van der Waals surface area contributed by atoms with Crippen LogP contribution in [0.2, 0.25) is 36.3 Å². The molecule has 2 fully saturated rings. The predicted molar refractivity (Wildman–Crippen MR) is 177 cm³/mol. The molecular formula is C33H51FN4O4Si2. The highest BCUT2D eigenvalue weighted by Gasteiger charge is 2.56. The number of fused-ring (bicyclic) bond motifs is 2. The molecule has 2 aliphatic heterocycles. The van der Waals surface area contributed by atoms with Crippen LogP contribution in [-0.2, 0) is 20.5 Å². The number of nitrogens with one attached hydrogen (secondary N) is 1. The molecule has 0 radical (unpaired) electrons. The summed E-state index contributed by atoms with van der Waals surface area (Å²) in [5.41, 5.74) is 3.11. The van der Waals surface area contributed by atoms with E-state index in [1.54, 1.807) is 0 Å². The molecule has 44 heavy (non-hydrogen) atoms. The Morgan fingerprint density at radius 3 is 2.20 bits per heavy atom. The van der Waals surface area contributed by atoms with Crippen molar-refractivity contribution in [2.75, 3.05) is 6.61 Å². The summed E-state index contributed by atoms with van der Waals surface area (Å²) in [4.78, 5) is 8.63. The molecule has 242 valence electrons. The van der Waals surface area contributed by atoms with Crippen LogP contribution in [0.25, 0.3) is 11.0 Å². The molecule has 4 unspecified atom stereocenters. The van der Waals surface area contributed by atoms with E-state index in [-0.39, 0.29) is 46.9 Å². The Labute approximate surface area is 264 Å². The van der Waals surface area contributed by atoms with Gasteiger partial charge in [0.2, 0.25) is 5.88 Å². The van der Waals surface area contributed by atoms with Gasteiger partial charge in [-0.2, -0.15) is 14.4 Å². The molecule has 0 bridgehead atoms. The zero-order valence-corrected chi connectivity index (χ0v) is 30.5. The summed E-state index contributed by atoms with van der Waals surface area (Å²) in [6.07, 6.45) is 0.798. The number of rotatable bonds is 8. The molecule has 8 nitrogen and oxygen atoms in total. The maximum absolute atomic E-state index is 15.3. The van der Waals surface area contributed by atoms with Gasteiger partial charge in [0.1, 0.15) is 29.8 Å². The maximum atomic E-state index is 15.3. The van der Waals surface area contributed by atoms with E-state index in [0.29, 0.717) is 12.1 Å². The number of hydrogen-bond acceptors (Lipinski definition) is 7. The SMILES string of the molecule is CC1(C)OC2C(CO[Si](C)(C)C(C)(C)C)NC(c3cn([Si](C)(C)C(C)(C)C)c4c(OCc5ccccc5)nc(F)nc34)C2O1. The molecule has 0 saturated carbocycles. The van der Waals surface area contributed by atoms with E-state index in [9.17, 15) is 0 Å². The fourth-order valence-corrected chi connectivity index (χ4v) is 8.65. The lowest BCUT2D eigenvalue weighted by atomic mass is 10.0. The zero-order valence-electron chi connectivity index (χ0n) is 28.5. The van der Waals surface area contributed by atoms with Crippen LogP contribution in [0.15, 0.2) is 36.5 Å². The molecule has 1 aromatic carbocycles. The van der Waals surface area contributed by atoms with E-state index in [2.05, 4.69) is 93.4 Å². The lowest BCUT2D eigenvalue weighted by Gasteiger charge is -2.38. The minimum absolute atomic E-state index is 0.0263. The Hall–Kier alpha value is -2.16. The Kier molecular flexibility index (Phi) is 8.51. The van der Waals surface area contributed by atoms with Gasteiger partial charge >= 0.3 is 6.08 Å². The monoisotopic (exact) mass is 642 g/mol. The van der Waals surface area contributed by atoms with E-state index in [4.69, 9.17) is 18.6 Å². The average Bonchev–Trinajstić information content (AvgIpc) is 3.54. The van der Waals surface area contributed by atoms with Crippen LogP contribution in [0.1, 0.15) is 72.6 Å². The first-order valence-electron chi connectivity index (χ1n) is 15.7. The number of ether oxygens (including phenoxy) is 3. The summed E-state index contributed by atoms with van der Waals surface area (Å²) in [6.45, 7) is 27.3. The molecule has 0 amide bonds. The third kappa shape index (κ3) is 6.15. The van der Waals surface area contributed by atoms with Crippen molar-refractivity contribution in [3.8, 4) is 5.88 Å². The topological polar surface area (TPSA) is 79.7 Å². The lowest BCUT2D eigenvalue weighted by Crippen LogP contribution is -2.47. The van der Waals surface area contributed by atoms with Crippen molar-refractivity contribution in [2.45, 2.75) is 128 Å². The minimum atomic E-state index is -2.26. The second-order valence-corrected chi connectivity index (χ2v) is 25.8. The maximum Gasteiger partial charge on any atom is 0.312 e. The Bertz CT molecular complexity index is 1500. The number of aromatic nitrogens is 3. The van der Waals surface area contributed by atoms with Crippen molar-refractivity contribution in [1.29, 1.82) is 0 Å². The molecule has 5 rings (SSSR count). The van der Waals surface area contributed by atoms with Crippen molar-refractivity contribution in [3.05, 3.63) is 53.7 Å². The van der Waals surface area contributed by atoms with Crippen molar-refractivity contribution in [2.24, 2.45) is 0 Å². The molecule has 11 heteroatoms. The first kappa shape index (κ1) is 33.2. The normalized spacial score (nSPS) is 24.2. The van der Waals surface area contributed by atoms with Crippen LogP contribution in [0.5, 0.6) is 5.88 Å². The van der Waals surface area contributed by atoms with Crippen LogP contribution in [0, 0.1) is 6.08 Å². The molecule has 4 heterocycles. The molecule has 3 aromatic rings. The molecule has 4 atom stereocenters. The van der Waals surface area contributed by atoms with Crippen molar-refractivity contribution < 1.29 is 23.0 Å². The lowest BCUT2D eigenvalue weighted by molar-refractivity contribution is -0.157. The van der Waals surface area contributed by atoms with E-state index in [1.807, 2.05) is 44.2 Å². The number of benzene rings is 1. The second kappa shape index (κ2) is 11.3. The van der Waals surface area contributed by atoms with Gasteiger partial charge in [0.15, 0.2) is 22.3 Å². The Morgan fingerprint density at radius 1 is 0.955 bits per heavy atom. The summed E-state index contributed by atoms with van der Waals surface area (Å²) in [6, 6.07) is 9.46. The van der Waals surface area contributed by atoms with E-state index >= 15 is 4.39 Å². The van der Waals surface area contributed by atoms with Crippen LogP contribution in [0.3, 0.4) is 0 Å². The highest BCUT2D eigenvalue weighted by molar-refractivity contribution is 6.79. The van der Waals surface area contributed by atoms with Gasteiger partial charge in [-0.3, -0.25) is 0 Å². The Balaban J connectivity index is 1.60. The van der Waals surface area contributed by atoms with Crippen LogP contribution < -0.4 is 10.1 Å². The number of halogens is 1. The molecular weight excluding hydrogens is 592 g/mol. The number of nitrogens with zero attached hydrogens (tertiary/aromatic N) is 3. The standard InChI is InChI=1S/C33H51FN4O4Si2/c1-31(2,3)43(9,10)38-18-22(24-26(38)29(37-30(34)36-24)39-19-21-16-14-13-15-17-21)25-28-27(41-33(7,8)42-28)23(35-25)20-40-44(11,12)32(4,5)6/h13-18,23,25,27-28,35H,19-20H2,1-12H3. The van der Waals surface area contributed by atoms with Gasteiger partial charge in [0.05, 0.1) is 18.7 Å². The highest BCUT2D eigenvalue weighted by Crippen LogP contribution is 2.47. The third-order valence-electron chi connectivity index (χ3n) is 10.3. The van der Waals surface area contributed by atoms with E-state index in [0.717, 1.165) is 16.6 Å². The molecule has 2 aromatic heterocycles. The zero-order chi connectivity index (χ0) is 32.5. The van der Waals surface area contributed by atoms with Gasteiger partial charge in [-0.15, -0.1) is 0 Å². The summed E-state index contributed by atoms with van der Waals surface area (Å²) < 4.78 is 43.6. The van der Waals surface area contributed by atoms with Gasteiger partial charge in [-0.25, -0.2) is 0 Å². The van der Waals surface area contributed by atoms with E-state index < -0.39 is 28.4 Å². The minimum Gasteiger partial charge on any atom is -0.471 e. The van der Waals surface area contributed by atoms with Gasteiger partial charge in [0, 0.05) is 11.8 Å². The highest BCUT2D eigenvalue weighted by atomic mass is 28.4. The van der Waals surface area contributed by atoms with E-state index in [1.165, 1.54) is 0 Å². The fraction of sp³-hybridized carbons (Fsp3) is 0.636. The molecule has 0 aliphatic carbocycles. The quantitative estimate of drug-likeness (QED) is 0.201. The first-order chi connectivity index (χ1) is 20.2. The summed E-state index contributed by atoms with van der Waals surface area (Å²) in [7, 11) is -4.27. The molecule has 0 spiro atoms. The van der Waals surface area contributed by atoms with Gasteiger partial charge < -0.3 is 28.2 Å². The summed E-state index contributed by atoms with van der Waals surface area (Å²) in [5, 5.41) is 3.84. The average molecular weight is 643 g/mol. The largest absolute Gasteiger partial charge is 0.471 e. The Morgan fingerprint density at radius 2 is 1.59 bits per heavy atom. The molecule has 2 aliphatic rings. The van der Waals surface area contributed by atoms with Crippen LogP contribution in [0.4, 0.5) is 4.39 Å². The first-order valence-corrected chi connectivity index (χ1v) is 21.6. The molecule has 2 saturated heterocycles. The smallest absolute Gasteiger partial charge is 0.312 e. The van der Waals surface area contributed by atoms with Crippen LogP contribution >= 0.6 is 0 Å². The van der Waals surface area contributed by atoms with Gasteiger partial charge in [0.25, 0.3) is 0 Å². The predicted octanol–water partition coefficient (Wildman–Crippen LogP) is 7.56. The van der Waals surface area contributed by atoms with Crippen LogP contribution in [-0.4, -0.2) is 61.4 Å². The second-order valence-electron chi connectivity index (χ2n) is 15.9. The van der Waals surface area contributed by atoms with Gasteiger partial charge in [-0.05, 0) is 42.6 Å². The number of hydrogen-bond donors (Lipinski definition) is 1. The van der Waals surface area contributed by atoms with Crippen molar-refractivity contribution >= 4 is 27.6 Å². The summed E-state index contributed by atoms with van der Waals surface area (Å²) in [5.74, 6) is -0.504. The van der Waals surface area contributed by atoms with Crippen molar-refractivity contribution in [1.82, 2.24) is 19.5 Å². The van der Waals surface area contributed by atoms with Gasteiger partial charge in [-0.1, -0.05) is 85.0 Å². The third-order valence-corrected chi connectivity index (χ3v) is 20.0. The fourth-order valence-electron chi connectivity index (χ4n) is 5.68. The van der Waals surface area contributed by atoms with Crippen molar-refractivity contribution in [3.63, 3.8) is 0 Å².